The van der Waals surface area contributed by atoms with Crippen LogP contribution in [0.2, 0.25) is 0 Å². The van der Waals surface area contributed by atoms with Gasteiger partial charge in [0, 0.05) is 5.56 Å². The number of carbonyl (C=O) groups is 3. The van der Waals surface area contributed by atoms with Crippen LogP contribution in [0.1, 0.15) is 27.9 Å². The normalized spacial score (nSPS) is 14.0. The molecular formula is C15H15N5O3S. The van der Waals surface area contributed by atoms with Crippen LogP contribution in [0, 0.1) is 0 Å². The lowest BCUT2D eigenvalue weighted by atomic mass is 10.1. The summed E-state index contributed by atoms with van der Waals surface area (Å²) in [7, 11) is 0. The van der Waals surface area contributed by atoms with Crippen molar-refractivity contribution < 1.29 is 14.4 Å². The van der Waals surface area contributed by atoms with Gasteiger partial charge in [0.15, 0.2) is 0 Å². The smallest absolute Gasteiger partial charge is 0.324 e. The summed E-state index contributed by atoms with van der Waals surface area (Å²) in [5, 5.41) is 14.3. The molecule has 0 radical (unpaired) electrons. The number of hydrogen-bond acceptors (Lipinski definition) is 6. The van der Waals surface area contributed by atoms with Gasteiger partial charge >= 0.3 is 6.03 Å². The summed E-state index contributed by atoms with van der Waals surface area (Å²) in [6.45, 7) is 1.99. The molecule has 124 valence electrons. The van der Waals surface area contributed by atoms with Crippen molar-refractivity contribution in [2.75, 3.05) is 11.9 Å². The van der Waals surface area contributed by atoms with E-state index in [1.165, 1.54) is 11.3 Å². The zero-order valence-corrected chi connectivity index (χ0v) is 13.7. The Balaban J connectivity index is 1.79. The summed E-state index contributed by atoms with van der Waals surface area (Å²) in [6, 6.07) is 6.38. The number of urea groups is 1. The molecule has 0 aliphatic carbocycles. The van der Waals surface area contributed by atoms with E-state index in [4.69, 9.17) is 0 Å². The van der Waals surface area contributed by atoms with Gasteiger partial charge in [0.2, 0.25) is 11.0 Å². The maximum atomic E-state index is 12.5. The van der Waals surface area contributed by atoms with Crippen molar-refractivity contribution in [2.45, 2.75) is 19.9 Å². The van der Waals surface area contributed by atoms with Crippen LogP contribution in [0.4, 0.5) is 9.93 Å². The van der Waals surface area contributed by atoms with Crippen molar-refractivity contribution in [2.24, 2.45) is 0 Å². The third kappa shape index (κ3) is 3.25. The van der Waals surface area contributed by atoms with Crippen molar-refractivity contribution >= 4 is 34.3 Å². The standard InChI is InChI=1S/C15H15N5O3S/c1-2-11-18-19-14(24-11)17-13(22)10-6-4-3-5-9(10)8-20-12(21)7-16-15(20)23/h3-6H,2,7-8H2,1H3,(H,16,23)(H,17,19,22). The molecule has 0 atom stereocenters. The number of aromatic nitrogens is 2. The molecule has 4 amide bonds. The van der Waals surface area contributed by atoms with Crippen molar-refractivity contribution in [1.29, 1.82) is 0 Å². The van der Waals surface area contributed by atoms with Crippen LogP contribution in [0.25, 0.3) is 0 Å². The number of amides is 4. The van der Waals surface area contributed by atoms with Crippen LogP contribution in [0.3, 0.4) is 0 Å². The van der Waals surface area contributed by atoms with E-state index in [0.717, 1.165) is 16.3 Å². The maximum Gasteiger partial charge on any atom is 0.324 e. The van der Waals surface area contributed by atoms with Crippen LogP contribution in [0.15, 0.2) is 24.3 Å². The summed E-state index contributed by atoms with van der Waals surface area (Å²) < 4.78 is 0. The second-order valence-electron chi connectivity index (χ2n) is 5.10. The van der Waals surface area contributed by atoms with E-state index in [0.29, 0.717) is 16.3 Å². The van der Waals surface area contributed by atoms with Crippen LogP contribution >= 0.6 is 11.3 Å². The van der Waals surface area contributed by atoms with Gasteiger partial charge in [0.25, 0.3) is 5.91 Å². The van der Waals surface area contributed by atoms with Crippen LogP contribution < -0.4 is 10.6 Å². The van der Waals surface area contributed by atoms with E-state index < -0.39 is 6.03 Å². The summed E-state index contributed by atoms with van der Waals surface area (Å²) in [4.78, 5) is 37.0. The van der Waals surface area contributed by atoms with Crippen LogP contribution in [-0.4, -0.2) is 39.5 Å². The van der Waals surface area contributed by atoms with Gasteiger partial charge in [-0.25, -0.2) is 4.79 Å². The Bertz CT molecular complexity index is 788. The Labute approximate surface area is 141 Å². The molecule has 24 heavy (non-hydrogen) atoms. The Morgan fingerprint density at radius 2 is 2.12 bits per heavy atom. The highest BCUT2D eigenvalue weighted by molar-refractivity contribution is 7.15. The fraction of sp³-hybridized carbons (Fsp3) is 0.267. The molecule has 1 aliphatic rings. The summed E-state index contributed by atoms with van der Waals surface area (Å²) in [6.07, 6.45) is 0.746. The van der Waals surface area contributed by atoms with Gasteiger partial charge in [-0.2, -0.15) is 0 Å². The molecular weight excluding hydrogens is 330 g/mol. The number of hydrogen-bond donors (Lipinski definition) is 2. The number of benzene rings is 1. The highest BCUT2D eigenvalue weighted by Crippen LogP contribution is 2.19. The fourth-order valence-corrected chi connectivity index (χ4v) is 2.95. The highest BCUT2D eigenvalue weighted by atomic mass is 32.1. The first-order valence-electron chi connectivity index (χ1n) is 7.38. The first-order valence-corrected chi connectivity index (χ1v) is 8.20. The third-order valence-corrected chi connectivity index (χ3v) is 4.50. The molecule has 8 nitrogen and oxygen atoms in total. The van der Waals surface area contributed by atoms with Crippen LogP contribution in [-0.2, 0) is 17.8 Å². The lowest BCUT2D eigenvalue weighted by molar-refractivity contribution is -0.125. The Morgan fingerprint density at radius 1 is 1.33 bits per heavy atom. The molecule has 1 aromatic heterocycles. The summed E-state index contributed by atoms with van der Waals surface area (Å²) >= 11 is 1.31. The lowest BCUT2D eigenvalue weighted by Gasteiger charge is -2.15. The van der Waals surface area contributed by atoms with Gasteiger partial charge in [-0.3, -0.25) is 19.8 Å². The zero-order valence-electron chi connectivity index (χ0n) is 12.9. The second-order valence-corrected chi connectivity index (χ2v) is 6.17. The molecule has 1 saturated heterocycles. The monoisotopic (exact) mass is 345 g/mol. The number of nitrogens with zero attached hydrogens (tertiary/aromatic N) is 3. The molecule has 2 heterocycles. The predicted octanol–water partition coefficient (Wildman–Crippen LogP) is 1.40. The van der Waals surface area contributed by atoms with Crippen molar-refractivity contribution in [3.8, 4) is 0 Å². The first-order chi connectivity index (χ1) is 11.6. The van der Waals surface area contributed by atoms with Crippen molar-refractivity contribution in [3.05, 3.63) is 40.4 Å². The molecule has 0 spiro atoms. The molecule has 3 rings (SSSR count). The van der Waals surface area contributed by atoms with E-state index >= 15 is 0 Å². The molecule has 0 bridgehead atoms. The van der Waals surface area contributed by atoms with Gasteiger partial charge in [-0.1, -0.05) is 36.5 Å². The summed E-state index contributed by atoms with van der Waals surface area (Å²) in [5.41, 5.74) is 0.971. The first kappa shape index (κ1) is 16.1. The minimum atomic E-state index is -0.452. The minimum Gasteiger partial charge on any atom is -0.329 e. The minimum absolute atomic E-state index is 0.0161. The van der Waals surface area contributed by atoms with E-state index in [1.807, 2.05) is 6.92 Å². The van der Waals surface area contributed by atoms with E-state index in [2.05, 4.69) is 20.8 Å². The average molecular weight is 345 g/mol. The number of anilines is 1. The van der Waals surface area contributed by atoms with Crippen molar-refractivity contribution in [3.63, 3.8) is 0 Å². The highest BCUT2D eigenvalue weighted by Gasteiger charge is 2.29. The predicted molar refractivity (Wildman–Crippen MR) is 87.6 cm³/mol. The van der Waals surface area contributed by atoms with Crippen molar-refractivity contribution in [1.82, 2.24) is 20.4 Å². The molecule has 1 fully saturated rings. The average Bonchev–Trinajstić information content (AvgIpc) is 3.16. The lowest BCUT2D eigenvalue weighted by Crippen LogP contribution is -2.31. The van der Waals surface area contributed by atoms with E-state index in [9.17, 15) is 14.4 Å². The number of nitrogens with one attached hydrogen (secondary N) is 2. The maximum absolute atomic E-state index is 12.5. The quantitative estimate of drug-likeness (QED) is 0.797. The van der Waals surface area contributed by atoms with Gasteiger partial charge in [-0.15, -0.1) is 10.2 Å². The molecule has 1 aromatic carbocycles. The van der Waals surface area contributed by atoms with E-state index in [1.54, 1.807) is 24.3 Å². The van der Waals surface area contributed by atoms with Gasteiger partial charge in [0.1, 0.15) is 5.01 Å². The van der Waals surface area contributed by atoms with E-state index in [-0.39, 0.29) is 24.9 Å². The molecule has 1 aliphatic heterocycles. The molecule has 2 N–H and O–H groups in total. The SMILES string of the molecule is CCc1nnc(NC(=O)c2ccccc2CN2C(=O)CNC2=O)s1. The molecule has 2 aromatic rings. The largest absolute Gasteiger partial charge is 0.329 e. The number of imide groups is 1. The fourth-order valence-electron chi connectivity index (χ4n) is 2.28. The number of aryl methyl sites for hydroxylation is 1. The number of carbonyl (C=O) groups excluding carboxylic acids is 3. The molecule has 9 heteroatoms. The Kier molecular flexibility index (Phi) is 4.52. The topological polar surface area (TPSA) is 104 Å². The third-order valence-electron chi connectivity index (χ3n) is 3.52. The zero-order chi connectivity index (χ0) is 17.1. The van der Waals surface area contributed by atoms with Gasteiger partial charge in [-0.05, 0) is 18.1 Å². The Morgan fingerprint density at radius 3 is 2.79 bits per heavy atom. The molecule has 0 saturated carbocycles. The summed E-state index contributed by atoms with van der Waals surface area (Å²) in [5.74, 6) is -0.664. The number of rotatable bonds is 5. The Hall–Kier alpha value is -2.81. The van der Waals surface area contributed by atoms with Gasteiger partial charge < -0.3 is 5.32 Å². The van der Waals surface area contributed by atoms with Gasteiger partial charge in [0.05, 0.1) is 13.1 Å². The second kappa shape index (κ2) is 6.75. The van der Waals surface area contributed by atoms with Crippen LogP contribution in [0.5, 0.6) is 0 Å². The molecule has 0 unspecified atom stereocenters.